The molecule has 1 aromatic rings. The first-order chi connectivity index (χ1) is 8.76. The summed E-state index contributed by atoms with van der Waals surface area (Å²) in [5.74, 6) is 0. The van der Waals surface area contributed by atoms with Crippen LogP contribution in [-0.2, 0) is 13.1 Å². The molecule has 0 saturated heterocycles. The predicted molar refractivity (Wildman–Crippen MR) is 74.0 cm³/mol. The van der Waals surface area contributed by atoms with Crippen LogP contribution in [0.3, 0.4) is 0 Å². The Morgan fingerprint density at radius 1 is 1.39 bits per heavy atom. The summed E-state index contributed by atoms with van der Waals surface area (Å²) in [5.41, 5.74) is 7.83. The van der Waals surface area contributed by atoms with Crippen LogP contribution in [0.2, 0.25) is 0 Å². The van der Waals surface area contributed by atoms with Crippen LogP contribution < -0.4 is 5.73 Å². The van der Waals surface area contributed by atoms with Crippen molar-refractivity contribution in [1.82, 2.24) is 9.88 Å². The molecular formula is C14H25N3O. The van der Waals surface area contributed by atoms with Gasteiger partial charge in [-0.05, 0) is 24.5 Å². The summed E-state index contributed by atoms with van der Waals surface area (Å²) in [4.78, 5) is 6.62. The van der Waals surface area contributed by atoms with Crippen molar-refractivity contribution in [2.24, 2.45) is 5.73 Å². The highest BCUT2D eigenvalue weighted by atomic mass is 16.3. The third kappa shape index (κ3) is 4.05. The van der Waals surface area contributed by atoms with Gasteiger partial charge in [0.05, 0.1) is 12.3 Å². The molecule has 0 fully saturated rings. The Labute approximate surface area is 110 Å². The van der Waals surface area contributed by atoms with E-state index in [0.717, 1.165) is 25.1 Å². The van der Waals surface area contributed by atoms with Crippen molar-refractivity contribution in [3.05, 3.63) is 29.6 Å². The summed E-state index contributed by atoms with van der Waals surface area (Å²) < 4.78 is 0. The van der Waals surface area contributed by atoms with Gasteiger partial charge in [0, 0.05) is 31.9 Å². The van der Waals surface area contributed by atoms with Gasteiger partial charge in [-0.1, -0.05) is 19.9 Å². The zero-order valence-electron chi connectivity index (χ0n) is 11.5. The molecule has 0 bridgehead atoms. The Morgan fingerprint density at radius 2 is 2.11 bits per heavy atom. The summed E-state index contributed by atoms with van der Waals surface area (Å²) in [5, 5.41) is 9.20. The van der Waals surface area contributed by atoms with Gasteiger partial charge in [0.2, 0.25) is 0 Å². The van der Waals surface area contributed by atoms with Gasteiger partial charge in [0.15, 0.2) is 0 Å². The van der Waals surface area contributed by atoms with Crippen molar-refractivity contribution in [2.75, 3.05) is 13.2 Å². The second-order valence-electron chi connectivity index (χ2n) is 4.48. The topological polar surface area (TPSA) is 62.4 Å². The Hall–Kier alpha value is -0.970. The molecule has 0 unspecified atom stereocenters. The number of aromatic nitrogens is 1. The molecule has 0 aliphatic rings. The quantitative estimate of drug-likeness (QED) is 0.735. The van der Waals surface area contributed by atoms with E-state index in [-0.39, 0.29) is 6.61 Å². The highest BCUT2D eigenvalue weighted by Crippen LogP contribution is 2.15. The van der Waals surface area contributed by atoms with Crippen molar-refractivity contribution in [1.29, 1.82) is 0 Å². The smallest absolute Gasteiger partial charge is 0.0584 e. The molecule has 0 aromatic carbocycles. The monoisotopic (exact) mass is 251 g/mol. The Bertz CT molecular complexity index is 340. The van der Waals surface area contributed by atoms with E-state index in [0.29, 0.717) is 19.1 Å². The number of hydrogen-bond donors (Lipinski definition) is 2. The molecule has 1 heterocycles. The molecule has 3 N–H and O–H groups in total. The molecule has 1 aromatic heterocycles. The molecule has 102 valence electrons. The lowest BCUT2D eigenvalue weighted by molar-refractivity contribution is 0.136. The van der Waals surface area contributed by atoms with Gasteiger partial charge in [-0.15, -0.1) is 0 Å². The maximum atomic E-state index is 9.20. The molecule has 18 heavy (non-hydrogen) atoms. The van der Waals surface area contributed by atoms with Crippen LogP contribution in [0.25, 0.3) is 0 Å². The summed E-state index contributed by atoms with van der Waals surface area (Å²) in [6, 6.07) is 4.52. The average Bonchev–Trinajstić information content (AvgIpc) is 2.41. The van der Waals surface area contributed by atoms with Gasteiger partial charge in [-0.3, -0.25) is 9.88 Å². The highest BCUT2D eigenvalue weighted by Gasteiger charge is 2.16. The van der Waals surface area contributed by atoms with Crippen molar-refractivity contribution >= 4 is 0 Å². The van der Waals surface area contributed by atoms with Crippen LogP contribution >= 0.6 is 0 Å². The second kappa shape index (κ2) is 8.19. The number of pyridine rings is 1. The molecule has 0 aliphatic heterocycles. The zero-order chi connectivity index (χ0) is 13.4. The van der Waals surface area contributed by atoms with E-state index in [1.165, 1.54) is 5.56 Å². The molecule has 0 spiro atoms. The van der Waals surface area contributed by atoms with Gasteiger partial charge in [-0.25, -0.2) is 0 Å². The van der Waals surface area contributed by atoms with E-state index >= 15 is 0 Å². The number of hydrogen-bond acceptors (Lipinski definition) is 4. The highest BCUT2D eigenvalue weighted by molar-refractivity contribution is 5.19. The molecule has 1 rings (SSSR count). The summed E-state index contributed by atoms with van der Waals surface area (Å²) in [7, 11) is 0. The maximum Gasteiger partial charge on any atom is 0.0584 e. The zero-order valence-corrected chi connectivity index (χ0v) is 11.5. The predicted octanol–water partition coefficient (Wildman–Crippen LogP) is 1.52. The number of rotatable bonds is 8. The van der Waals surface area contributed by atoms with Crippen molar-refractivity contribution in [3.8, 4) is 0 Å². The lowest BCUT2D eigenvalue weighted by Gasteiger charge is -2.30. The average molecular weight is 251 g/mol. The van der Waals surface area contributed by atoms with E-state index in [1.54, 1.807) is 6.20 Å². The van der Waals surface area contributed by atoms with Crippen LogP contribution in [0.1, 0.15) is 37.9 Å². The molecule has 0 atom stereocenters. The Balaban J connectivity index is 2.81. The molecule has 4 heteroatoms. The first-order valence-electron chi connectivity index (χ1n) is 6.74. The second-order valence-corrected chi connectivity index (χ2v) is 4.48. The van der Waals surface area contributed by atoms with Gasteiger partial charge in [0.25, 0.3) is 0 Å². The molecule has 4 nitrogen and oxygen atoms in total. The summed E-state index contributed by atoms with van der Waals surface area (Å²) >= 11 is 0. The van der Waals surface area contributed by atoms with E-state index in [4.69, 9.17) is 5.73 Å². The normalized spacial score (nSPS) is 11.4. The fraction of sp³-hybridized carbons (Fsp3) is 0.643. The molecule has 0 amide bonds. The third-order valence-electron chi connectivity index (χ3n) is 3.40. The molecule has 0 radical (unpaired) electrons. The number of aliphatic hydroxyl groups excluding tert-OH is 1. The minimum absolute atomic E-state index is 0.189. The Kier molecular flexibility index (Phi) is 6.86. The fourth-order valence-corrected chi connectivity index (χ4v) is 2.34. The Morgan fingerprint density at radius 3 is 2.67 bits per heavy atom. The van der Waals surface area contributed by atoms with Crippen molar-refractivity contribution in [2.45, 2.75) is 45.8 Å². The number of aliphatic hydroxyl groups is 1. The van der Waals surface area contributed by atoms with Gasteiger partial charge in [-0.2, -0.15) is 0 Å². The lowest BCUT2D eigenvalue weighted by atomic mass is 10.1. The first-order valence-corrected chi connectivity index (χ1v) is 6.74. The van der Waals surface area contributed by atoms with Crippen molar-refractivity contribution in [3.63, 3.8) is 0 Å². The van der Waals surface area contributed by atoms with E-state index in [9.17, 15) is 5.11 Å². The molecule has 0 aliphatic carbocycles. The number of nitrogens with zero attached hydrogens (tertiary/aromatic N) is 2. The standard InChI is InChI=1S/C14H25N3O/c1-3-13(4-2)17(8-9-18)11-12-6-5-7-16-14(12)10-15/h5-7,13,18H,3-4,8-11,15H2,1-2H3. The van der Waals surface area contributed by atoms with Crippen LogP contribution in [0.15, 0.2) is 18.3 Å². The van der Waals surface area contributed by atoms with Crippen LogP contribution in [0.4, 0.5) is 0 Å². The maximum absolute atomic E-state index is 9.20. The van der Waals surface area contributed by atoms with Crippen LogP contribution in [0, 0.1) is 0 Å². The minimum Gasteiger partial charge on any atom is -0.395 e. The SMILES string of the molecule is CCC(CC)N(CCO)Cc1cccnc1CN. The van der Waals surface area contributed by atoms with Gasteiger partial charge < -0.3 is 10.8 Å². The molecular weight excluding hydrogens is 226 g/mol. The van der Waals surface area contributed by atoms with Crippen LogP contribution in [-0.4, -0.2) is 34.2 Å². The minimum atomic E-state index is 0.189. The van der Waals surface area contributed by atoms with E-state index in [2.05, 4.69) is 29.8 Å². The largest absolute Gasteiger partial charge is 0.395 e. The molecule has 0 saturated carbocycles. The van der Waals surface area contributed by atoms with Crippen LogP contribution in [0.5, 0.6) is 0 Å². The first kappa shape index (κ1) is 15.1. The summed E-state index contributed by atoms with van der Waals surface area (Å²) in [6.45, 7) is 6.54. The third-order valence-corrected chi connectivity index (χ3v) is 3.40. The van der Waals surface area contributed by atoms with E-state index < -0.39 is 0 Å². The van der Waals surface area contributed by atoms with Gasteiger partial charge in [0.1, 0.15) is 0 Å². The van der Waals surface area contributed by atoms with Crippen molar-refractivity contribution < 1.29 is 5.11 Å². The van der Waals surface area contributed by atoms with Gasteiger partial charge >= 0.3 is 0 Å². The fourth-order valence-electron chi connectivity index (χ4n) is 2.34. The number of nitrogens with two attached hydrogens (primary N) is 1. The van der Waals surface area contributed by atoms with E-state index in [1.807, 2.05) is 6.07 Å². The summed E-state index contributed by atoms with van der Waals surface area (Å²) in [6.07, 6.45) is 3.96. The lowest BCUT2D eigenvalue weighted by Crippen LogP contribution is -2.36.